The maximum atomic E-state index is 13.0. The molecule has 0 N–H and O–H groups in total. The van der Waals surface area contributed by atoms with Crippen LogP contribution in [0, 0.1) is 6.92 Å². The zero-order chi connectivity index (χ0) is 18.2. The van der Waals surface area contributed by atoms with Crippen LogP contribution in [0.3, 0.4) is 0 Å². The Labute approximate surface area is 149 Å². The first-order valence-corrected chi connectivity index (χ1v) is 9.88. The van der Waals surface area contributed by atoms with Gasteiger partial charge in [0.25, 0.3) is 5.91 Å². The minimum atomic E-state index is -3.91. The molecule has 0 unspecified atom stereocenters. The molecule has 1 aromatic carbocycles. The molecule has 1 amide bonds. The van der Waals surface area contributed by atoms with Gasteiger partial charge in [-0.15, -0.1) is 4.40 Å². The number of carbonyl (C=O) groups excluding carboxylic acids is 1. The van der Waals surface area contributed by atoms with Gasteiger partial charge in [-0.1, -0.05) is 29.8 Å². The molecule has 134 valence electrons. The van der Waals surface area contributed by atoms with Crippen molar-refractivity contribution < 1.29 is 13.2 Å². The summed E-state index contributed by atoms with van der Waals surface area (Å²) < 4.78 is 29.7. The van der Waals surface area contributed by atoms with Crippen molar-refractivity contribution in [2.24, 2.45) is 4.40 Å². The van der Waals surface area contributed by atoms with E-state index in [1.165, 1.54) is 7.05 Å². The van der Waals surface area contributed by atoms with Crippen molar-refractivity contribution in [1.82, 2.24) is 9.21 Å². The summed E-state index contributed by atoms with van der Waals surface area (Å²) in [6, 6.07) is 7.53. The molecule has 1 saturated heterocycles. The van der Waals surface area contributed by atoms with Crippen LogP contribution in [-0.4, -0.2) is 48.9 Å². The van der Waals surface area contributed by atoms with Crippen molar-refractivity contribution in [2.45, 2.75) is 39.2 Å². The number of nitrogens with zero attached hydrogens (tertiary/aromatic N) is 3. The van der Waals surface area contributed by atoms with Crippen molar-refractivity contribution in [2.75, 3.05) is 13.6 Å². The normalized spacial score (nSPS) is 23.1. The lowest BCUT2D eigenvalue weighted by Crippen LogP contribution is -2.46. The summed E-state index contributed by atoms with van der Waals surface area (Å²) in [6.07, 6.45) is 4.55. The molecule has 1 fully saturated rings. The summed E-state index contributed by atoms with van der Waals surface area (Å²) in [5.41, 5.74) is 2.20. The van der Waals surface area contributed by atoms with Crippen LogP contribution in [-0.2, 0) is 15.0 Å². The van der Waals surface area contributed by atoms with E-state index in [-0.39, 0.29) is 17.6 Å². The number of allylic oxidation sites excluding steroid dienone is 1. The van der Waals surface area contributed by atoms with Crippen molar-refractivity contribution in [3.63, 3.8) is 0 Å². The molecule has 2 aliphatic heterocycles. The molecular formula is C18H23N3O3S. The van der Waals surface area contributed by atoms with Crippen molar-refractivity contribution >= 4 is 21.8 Å². The van der Waals surface area contributed by atoms with Gasteiger partial charge in [-0.25, -0.2) is 4.31 Å². The third-order valence-corrected chi connectivity index (χ3v) is 6.12. The molecule has 2 aliphatic rings. The van der Waals surface area contributed by atoms with Crippen molar-refractivity contribution in [1.29, 1.82) is 0 Å². The van der Waals surface area contributed by atoms with E-state index in [2.05, 4.69) is 4.40 Å². The smallest absolute Gasteiger partial charge is 0.335 e. The Morgan fingerprint density at radius 3 is 2.52 bits per heavy atom. The maximum absolute atomic E-state index is 13.0. The molecule has 0 bridgehead atoms. The largest absolute Gasteiger partial charge is 0.345 e. The molecule has 7 heteroatoms. The highest BCUT2D eigenvalue weighted by atomic mass is 32.2. The molecule has 2 heterocycles. The van der Waals surface area contributed by atoms with Gasteiger partial charge in [0.05, 0.1) is 5.71 Å². The van der Waals surface area contributed by atoms with Crippen molar-refractivity contribution in [3.8, 4) is 0 Å². The third kappa shape index (κ3) is 3.46. The Morgan fingerprint density at radius 2 is 1.88 bits per heavy atom. The van der Waals surface area contributed by atoms with Gasteiger partial charge in [-0.3, -0.25) is 4.79 Å². The van der Waals surface area contributed by atoms with E-state index in [0.29, 0.717) is 17.8 Å². The summed E-state index contributed by atoms with van der Waals surface area (Å²) in [4.78, 5) is 14.8. The highest BCUT2D eigenvalue weighted by Gasteiger charge is 2.34. The number of amides is 1. The summed E-state index contributed by atoms with van der Waals surface area (Å²) in [5, 5.41) is 0. The van der Waals surface area contributed by atoms with Crippen LogP contribution < -0.4 is 0 Å². The molecule has 0 saturated carbocycles. The quantitative estimate of drug-likeness (QED) is 0.811. The number of carbonyl (C=O) groups is 1. The molecule has 25 heavy (non-hydrogen) atoms. The topological polar surface area (TPSA) is 70.0 Å². The first kappa shape index (κ1) is 17.7. The molecule has 1 atom stereocenters. The minimum Gasteiger partial charge on any atom is -0.335 e. The van der Waals surface area contributed by atoms with E-state index in [1.54, 1.807) is 11.0 Å². The number of rotatable bonds is 2. The summed E-state index contributed by atoms with van der Waals surface area (Å²) >= 11 is 0. The third-order valence-electron chi connectivity index (χ3n) is 4.80. The van der Waals surface area contributed by atoms with Crippen LogP contribution in [0.5, 0.6) is 0 Å². The minimum absolute atomic E-state index is 0.111. The van der Waals surface area contributed by atoms with Crippen LogP contribution in [0.25, 0.3) is 0 Å². The van der Waals surface area contributed by atoms with Gasteiger partial charge in [-0.2, -0.15) is 8.42 Å². The van der Waals surface area contributed by atoms with Gasteiger partial charge >= 0.3 is 10.2 Å². The lowest BCUT2D eigenvalue weighted by atomic mass is 10.0. The Bertz CT molecular complexity index is 841. The number of benzene rings is 1. The van der Waals surface area contributed by atoms with Crippen molar-refractivity contribution in [3.05, 3.63) is 47.2 Å². The second-order valence-corrected chi connectivity index (χ2v) is 8.29. The van der Waals surface area contributed by atoms with Gasteiger partial charge in [0.15, 0.2) is 0 Å². The zero-order valence-electron chi connectivity index (χ0n) is 14.8. The maximum Gasteiger partial charge on any atom is 0.345 e. The molecule has 0 spiro atoms. The fourth-order valence-electron chi connectivity index (χ4n) is 3.16. The molecule has 0 aromatic heterocycles. The Hall–Kier alpha value is -2.15. The van der Waals surface area contributed by atoms with Crippen LogP contribution >= 0.6 is 0 Å². The first-order valence-electron chi connectivity index (χ1n) is 8.48. The fraction of sp³-hybridized carbons (Fsp3) is 0.444. The van der Waals surface area contributed by atoms with E-state index in [9.17, 15) is 13.2 Å². The molecule has 6 nitrogen and oxygen atoms in total. The van der Waals surface area contributed by atoms with E-state index in [0.717, 1.165) is 29.1 Å². The van der Waals surface area contributed by atoms with Gasteiger partial charge < -0.3 is 4.90 Å². The van der Waals surface area contributed by atoms with E-state index in [4.69, 9.17) is 0 Å². The van der Waals surface area contributed by atoms with E-state index in [1.807, 2.05) is 38.1 Å². The number of aryl methyl sites for hydroxylation is 1. The lowest BCUT2D eigenvalue weighted by molar-refractivity contribution is -0.131. The number of hydrogen-bond acceptors (Lipinski definition) is 3. The predicted octanol–water partition coefficient (Wildman–Crippen LogP) is 2.26. The Balaban J connectivity index is 2.00. The molecule has 3 rings (SSSR count). The summed E-state index contributed by atoms with van der Waals surface area (Å²) in [7, 11) is -2.54. The predicted molar refractivity (Wildman–Crippen MR) is 97.5 cm³/mol. The Kier molecular flexibility index (Phi) is 4.69. The average Bonchev–Trinajstić information content (AvgIpc) is 2.57. The Morgan fingerprint density at radius 1 is 1.20 bits per heavy atom. The van der Waals surface area contributed by atoms with Crippen LogP contribution in [0.2, 0.25) is 0 Å². The monoisotopic (exact) mass is 361 g/mol. The first-order chi connectivity index (χ1) is 11.8. The fourth-order valence-corrected chi connectivity index (χ4v) is 4.07. The number of piperidine rings is 1. The highest BCUT2D eigenvalue weighted by Crippen LogP contribution is 2.25. The number of likely N-dealkylation sites (N-methyl/N-ethyl adjacent to an activating group) is 1. The summed E-state index contributed by atoms with van der Waals surface area (Å²) in [6.45, 7) is 4.62. The van der Waals surface area contributed by atoms with Gasteiger partial charge in [0.1, 0.15) is 5.70 Å². The van der Waals surface area contributed by atoms with Gasteiger partial charge in [0, 0.05) is 25.2 Å². The van der Waals surface area contributed by atoms with Gasteiger partial charge in [-0.05, 0) is 39.2 Å². The van der Waals surface area contributed by atoms with Crippen LogP contribution in [0.15, 0.2) is 40.4 Å². The average molecular weight is 361 g/mol. The number of hydrogen-bond donors (Lipinski definition) is 0. The second kappa shape index (κ2) is 6.63. The molecular weight excluding hydrogens is 338 g/mol. The van der Waals surface area contributed by atoms with E-state index < -0.39 is 10.2 Å². The zero-order valence-corrected chi connectivity index (χ0v) is 15.6. The standard InChI is InChI=1S/C18H23N3O3S/c1-13-7-9-15(10-8-13)16-12-17(20(3)25(23,24)19-16)18(22)21-11-5-4-6-14(21)2/h7-10,12,14H,4-6,11H2,1-3H3/t14-/m1/s1. The molecule has 1 aromatic rings. The summed E-state index contributed by atoms with van der Waals surface area (Å²) in [5.74, 6) is -0.252. The second-order valence-electron chi connectivity index (χ2n) is 6.66. The number of likely N-dealkylation sites (tertiary alicyclic amines) is 1. The van der Waals surface area contributed by atoms with Crippen LogP contribution in [0.1, 0.15) is 37.3 Å². The van der Waals surface area contributed by atoms with Crippen LogP contribution in [0.4, 0.5) is 0 Å². The van der Waals surface area contributed by atoms with Gasteiger partial charge in [0.2, 0.25) is 0 Å². The lowest BCUT2D eigenvalue weighted by Gasteiger charge is -2.36. The molecule has 0 aliphatic carbocycles. The highest BCUT2D eigenvalue weighted by molar-refractivity contribution is 7.88. The van der Waals surface area contributed by atoms with E-state index >= 15 is 0 Å². The molecule has 0 radical (unpaired) electrons. The SMILES string of the molecule is Cc1ccc(C2=NS(=O)(=O)N(C)C(C(=O)N3CCCC[C@H]3C)=C2)cc1.